The van der Waals surface area contributed by atoms with Crippen molar-refractivity contribution in [3.05, 3.63) is 22.4 Å². The summed E-state index contributed by atoms with van der Waals surface area (Å²) in [6.07, 6.45) is 0. The smallest absolute Gasteiger partial charge is 0.243 e. The third kappa shape index (κ3) is 3.31. The zero-order valence-corrected chi connectivity index (χ0v) is 10.1. The van der Waals surface area contributed by atoms with Gasteiger partial charge in [0.05, 0.1) is 0 Å². The summed E-state index contributed by atoms with van der Waals surface area (Å²) in [4.78, 5) is 11.6. The van der Waals surface area contributed by atoms with Gasteiger partial charge >= 0.3 is 0 Å². The molecule has 78 valence electrons. The van der Waals surface area contributed by atoms with E-state index in [1.165, 1.54) is 11.3 Å². The Labute approximate surface area is 93.3 Å². The Hall–Kier alpha value is -0.540. The van der Waals surface area contributed by atoms with Crippen LogP contribution in [0.3, 0.4) is 0 Å². The van der Waals surface area contributed by atoms with Crippen LogP contribution in [0.1, 0.15) is 31.7 Å². The summed E-state index contributed by atoms with van der Waals surface area (Å²) in [5.74, 6) is -0.141. The molecule has 0 saturated carbocycles. The van der Waals surface area contributed by atoms with Gasteiger partial charge in [0.1, 0.15) is 5.38 Å². The number of alkyl halides is 1. The second-order valence-corrected chi connectivity index (χ2v) is 5.37. The zero-order valence-electron chi connectivity index (χ0n) is 8.50. The molecule has 1 unspecified atom stereocenters. The minimum atomic E-state index is -0.583. The average Bonchev–Trinajstić information content (AvgIpc) is 2.51. The Morgan fingerprint density at radius 3 is 2.64 bits per heavy atom. The lowest BCUT2D eigenvalue weighted by Gasteiger charge is -2.22. The summed E-state index contributed by atoms with van der Waals surface area (Å²) >= 11 is 7.54. The molecule has 0 saturated heterocycles. The maximum Gasteiger partial charge on any atom is 0.243 e. The third-order valence-corrected chi connectivity index (χ3v) is 2.72. The van der Waals surface area contributed by atoms with Gasteiger partial charge in [0.25, 0.3) is 0 Å². The lowest BCUT2D eigenvalue weighted by atomic mass is 10.1. The molecule has 1 rings (SSSR count). The summed E-state index contributed by atoms with van der Waals surface area (Å²) in [7, 11) is 0. The number of hydrogen-bond acceptors (Lipinski definition) is 2. The molecule has 0 aromatic carbocycles. The highest BCUT2D eigenvalue weighted by Crippen LogP contribution is 2.23. The minimum absolute atomic E-state index is 0.141. The van der Waals surface area contributed by atoms with E-state index in [0.29, 0.717) is 0 Å². The Kier molecular flexibility index (Phi) is 3.56. The predicted octanol–water partition coefficient (Wildman–Crippen LogP) is 2.94. The van der Waals surface area contributed by atoms with Crippen molar-refractivity contribution in [1.29, 1.82) is 0 Å². The van der Waals surface area contributed by atoms with Crippen molar-refractivity contribution in [1.82, 2.24) is 5.32 Å². The summed E-state index contributed by atoms with van der Waals surface area (Å²) < 4.78 is 0. The molecule has 0 aliphatic rings. The lowest BCUT2D eigenvalue weighted by Crippen LogP contribution is -2.42. The highest BCUT2D eigenvalue weighted by molar-refractivity contribution is 7.08. The molecule has 1 N–H and O–H groups in total. The van der Waals surface area contributed by atoms with Crippen LogP contribution in [0.5, 0.6) is 0 Å². The van der Waals surface area contributed by atoms with Crippen molar-refractivity contribution in [3.8, 4) is 0 Å². The Morgan fingerprint density at radius 2 is 2.21 bits per heavy atom. The molecule has 1 aromatic rings. The molecule has 1 amide bonds. The monoisotopic (exact) mass is 231 g/mol. The molecule has 0 radical (unpaired) electrons. The molecule has 0 fully saturated rings. The number of halogens is 1. The van der Waals surface area contributed by atoms with Crippen LogP contribution in [0.15, 0.2) is 16.8 Å². The maximum atomic E-state index is 11.6. The van der Waals surface area contributed by atoms with Gasteiger partial charge in [-0.25, -0.2) is 0 Å². The Morgan fingerprint density at radius 1 is 1.57 bits per heavy atom. The van der Waals surface area contributed by atoms with Crippen LogP contribution in [0.4, 0.5) is 0 Å². The van der Waals surface area contributed by atoms with E-state index in [-0.39, 0.29) is 11.4 Å². The number of hydrogen-bond donors (Lipinski definition) is 1. The van der Waals surface area contributed by atoms with Gasteiger partial charge in [-0.15, -0.1) is 11.6 Å². The number of carbonyl (C=O) groups is 1. The van der Waals surface area contributed by atoms with Gasteiger partial charge in [-0.3, -0.25) is 4.79 Å². The number of thiophene rings is 1. The fraction of sp³-hybridized carbons (Fsp3) is 0.500. The maximum absolute atomic E-state index is 11.6. The predicted molar refractivity (Wildman–Crippen MR) is 60.8 cm³/mol. The van der Waals surface area contributed by atoms with Gasteiger partial charge in [-0.1, -0.05) is 0 Å². The second-order valence-electron chi connectivity index (χ2n) is 4.16. The first-order valence-electron chi connectivity index (χ1n) is 4.38. The Bertz CT molecular complexity index is 302. The molecule has 0 aliphatic carbocycles. The molecule has 0 aliphatic heterocycles. The van der Waals surface area contributed by atoms with Crippen molar-refractivity contribution in [3.63, 3.8) is 0 Å². The first kappa shape index (κ1) is 11.5. The zero-order chi connectivity index (χ0) is 10.8. The van der Waals surface area contributed by atoms with Crippen LogP contribution >= 0.6 is 22.9 Å². The molecule has 0 bridgehead atoms. The molecule has 1 aromatic heterocycles. The summed E-state index contributed by atoms with van der Waals surface area (Å²) in [5, 5.41) is 6.06. The van der Waals surface area contributed by atoms with E-state index in [2.05, 4.69) is 5.32 Å². The highest BCUT2D eigenvalue weighted by atomic mass is 35.5. The van der Waals surface area contributed by atoms with E-state index in [1.54, 1.807) is 0 Å². The van der Waals surface area contributed by atoms with Crippen molar-refractivity contribution in [2.45, 2.75) is 31.7 Å². The molecule has 2 nitrogen and oxygen atoms in total. The van der Waals surface area contributed by atoms with Gasteiger partial charge < -0.3 is 5.32 Å². The summed E-state index contributed by atoms with van der Waals surface area (Å²) in [6.45, 7) is 5.80. The first-order chi connectivity index (χ1) is 6.40. The van der Waals surface area contributed by atoms with Crippen LogP contribution < -0.4 is 5.32 Å². The van der Waals surface area contributed by atoms with Crippen LogP contribution in [0.2, 0.25) is 0 Å². The molecular formula is C10H14ClNOS. The minimum Gasteiger partial charge on any atom is -0.350 e. The SMILES string of the molecule is CC(C)(C)NC(=O)C(Cl)c1ccsc1. The van der Waals surface area contributed by atoms with Gasteiger partial charge in [0, 0.05) is 5.54 Å². The average molecular weight is 232 g/mol. The van der Waals surface area contributed by atoms with Crippen molar-refractivity contribution in [2.75, 3.05) is 0 Å². The first-order valence-corrected chi connectivity index (χ1v) is 5.76. The van der Waals surface area contributed by atoms with E-state index < -0.39 is 5.38 Å². The lowest BCUT2D eigenvalue weighted by molar-refractivity contribution is -0.122. The van der Waals surface area contributed by atoms with Crippen molar-refractivity contribution < 1.29 is 4.79 Å². The molecule has 1 heterocycles. The largest absolute Gasteiger partial charge is 0.350 e. The van der Waals surface area contributed by atoms with E-state index in [9.17, 15) is 4.79 Å². The van der Waals surface area contributed by atoms with E-state index >= 15 is 0 Å². The fourth-order valence-corrected chi connectivity index (χ4v) is 1.95. The molecule has 4 heteroatoms. The Balaban J connectivity index is 2.63. The topological polar surface area (TPSA) is 29.1 Å². The van der Waals surface area contributed by atoms with Gasteiger partial charge in [0.2, 0.25) is 5.91 Å². The van der Waals surface area contributed by atoms with Gasteiger partial charge in [-0.05, 0) is 43.2 Å². The number of rotatable bonds is 2. The quantitative estimate of drug-likeness (QED) is 0.780. The third-order valence-electron chi connectivity index (χ3n) is 1.56. The van der Waals surface area contributed by atoms with E-state index in [0.717, 1.165) is 5.56 Å². The van der Waals surface area contributed by atoms with Gasteiger partial charge in [0.15, 0.2) is 0 Å². The molecule has 0 spiro atoms. The van der Waals surface area contributed by atoms with E-state index in [1.807, 2.05) is 37.6 Å². The van der Waals surface area contributed by atoms with Crippen LogP contribution in [0, 0.1) is 0 Å². The number of carbonyl (C=O) groups excluding carboxylic acids is 1. The highest BCUT2D eigenvalue weighted by Gasteiger charge is 2.22. The van der Waals surface area contributed by atoms with Crippen LogP contribution in [-0.4, -0.2) is 11.4 Å². The van der Waals surface area contributed by atoms with Gasteiger partial charge in [-0.2, -0.15) is 11.3 Å². The van der Waals surface area contributed by atoms with Crippen LogP contribution in [0.25, 0.3) is 0 Å². The number of nitrogens with one attached hydrogen (secondary N) is 1. The fourth-order valence-electron chi connectivity index (χ4n) is 1.00. The molecular weight excluding hydrogens is 218 g/mol. The summed E-state index contributed by atoms with van der Waals surface area (Å²) in [5.41, 5.74) is 0.624. The standard InChI is InChI=1S/C10H14ClNOS/c1-10(2,3)12-9(13)8(11)7-4-5-14-6-7/h4-6,8H,1-3H3,(H,12,13). The number of amides is 1. The normalized spacial score (nSPS) is 13.7. The summed E-state index contributed by atoms with van der Waals surface area (Å²) in [6, 6.07) is 1.87. The van der Waals surface area contributed by atoms with E-state index in [4.69, 9.17) is 11.6 Å². The second kappa shape index (κ2) is 4.32. The molecule has 1 atom stereocenters. The van der Waals surface area contributed by atoms with Crippen molar-refractivity contribution >= 4 is 28.8 Å². The molecule has 14 heavy (non-hydrogen) atoms. The van der Waals surface area contributed by atoms with Crippen molar-refractivity contribution in [2.24, 2.45) is 0 Å². The van der Waals surface area contributed by atoms with Crippen LogP contribution in [-0.2, 0) is 4.79 Å².